The predicted molar refractivity (Wildman–Crippen MR) is 119 cm³/mol. The first-order chi connectivity index (χ1) is 13.8. The minimum atomic E-state index is 0.102. The minimum absolute atomic E-state index is 0.102. The highest BCUT2D eigenvalue weighted by Crippen LogP contribution is 2.39. The van der Waals surface area contributed by atoms with E-state index in [0.717, 1.165) is 54.0 Å². The Morgan fingerprint density at radius 2 is 2.18 bits per heavy atom. The number of aromatic nitrogens is 3. The summed E-state index contributed by atoms with van der Waals surface area (Å²) in [5.41, 5.74) is 1.87. The number of amides is 1. The molecule has 1 atom stereocenters. The zero-order chi connectivity index (χ0) is 19.2. The normalized spacial score (nSPS) is 19.2. The van der Waals surface area contributed by atoms with Crippen LogP contribution in [-0.2, 0) is 17.8 Å². The molecule has 1 N–H and O–H groups in total. The van der Waals surface area contributed by atoms with Crippen LogP contribution < -0.4 is 5.32 Å². The lowest BCUT2D eigenvalue weighted by Crippen LogP contribution is -2.11. The van der Waals surface area contributed by atoms with Crippen molar-refractivity contribution in [1.29, 1.82) is 0 Å². The Labute approximate surface area is 174 Å². The summed E-state index contributed by atoms with van der Waals surface area (Å²) in [6.07, 6.45) is 9.86. The van der Waals surface area contributed by atoms with Gasteiger partial charge in [0.1, 0.15) is 5.82 Å². The monoisotopic (exact) mass is 416 g/mol. The molecule has 5 nitrogen and oxygen atoms in total. The van der Waals surface area contributed by atoms with E-state index in [1.54, 1.807) is 0 Å². The van der Waals surface area contributed by atoms with Crippen molar-refractivity contribution in [3.8, 4) is 11.4 Å². The van der Waals surface area contributed by atoms with Crippen molar-refractivity contribution in [2.75, 3.05) is 11.1 Å². The molecule has 0 saturated carbocycles. The fraction of sp³-hybridized carbons (Fsp3) is 0.571. The van der Waals surface area contributed by atoms with Crippen LogP contribution in [0.3, 0.4) is 0 Å². The van der Waals surface area contributed by atoms with Gasteiger partial charge in [0, 0.05) is 41.6 Å². The minimum Gasteiger partial charge on any atom is -0.326 e. The number of benzene rings is 1. The number of aryl methyl sites for hydroxylation is 1. The third-order valence-corrected chi connectivity index (χ3v) is 8.43. The van der Waals surface area contributed by atoms with Crippen LogP contribution >= 0.6 is 21.6 Å². The molecular weight excluding hydrogens is 388 g/mol. The van der Waals surface area contributed by atoms with Gasteiger partial charge in [-0.2, -0.15) is 0 Å². The topological polar surface area (TPSA) is 59.8 Å². The molecule has 1 aromatic heterocycles. The second kappa shape index (κ2) is 9.83. The van der Waals surface area contributed by atoms with Crippen LogP contribution in [0.4, 0.5) is 5.69 Å². The Balaban J connectivity index is 1.32. The molecule has 0 aliphatic carbocycles. The lowest BCUT2D eigenvalue weighted by Gasteiger charge is -2.10. The number of unbranched alkanes of at least 4 members (excludes halogenated alkanes) is 1. The second-order valence-corrected chi connectivity index (χ2v) is 10.4. The van der Waals surface area contributed by atoms with Gasteiger partial charge in [-0.25, -0.2) is 0 Å². The summed E-state index contributed by atoms with van der Waals surface area (Å²) in [5.74, 6) is 3.38. The zero-order valence-corrected chi connectivity index (χ0v) is 17.9. The molecule has 1 fully saturated rings. The molecule has 1 saturated heterocycles. The maximum Gasteiger partial charge on any atom is 0.224 e. The van der Waals surface area contributed by atoms with Crippen LogP contribution in [0.25, 0.3) is 11.4 Å². The summed E-state index contributed by atoms with van der Waals surface area (Å²) >= 11 is 0. The number of hydrogen-bond donors (Lipinski definition) is 1. The molecule has 3 heterocycles. The van der Waals surface area contributed by atoms with Gasteiger partial charge in [-0.1, -0.05) is 46.6 Å². The third kappa shape index (κ3) is 5.11. The number of carbonyl (C=O) groups is 1. The molecule has 2 aliphatic heterocycles. The number of nitrogens with one attached hydrogen (secondary N) is 1. The Morgan fingerprint density at radius 1 is 1.21 bits per heavy atom. The average Bonchev–Trinajstić information content (AvgIpc) is 3.30. The highest BCUT2D eigenvalue weighted by molar-refractivity contribution is 8.77. The molecule has 1 amide bonds. The molecule has 2 aliphatic rings. The van der Waals surface area contributed by atoms with Crippen LogP contribution in [0.1, 0.15) is 57.2 Å². The summed E-state index contributed by atoms with van der Waals surface area (Å²) < 4.78 is 2.24. The van der Waals surface area contributed by atoms with Crippen molar-refractivity contribution in [2.24, 2.45) is 0 Å². The first kappa shape index (κ1) is 19.8. The molecule has 2 aromatic rings. The molecule has 4 rings (SSSR count). The number of nitrogens with zero attached hydrogens (tertiary/aromatic N) is 3. The SMILES string of the molecule is O=C(CCCCC1CCSS1)Nc1cccc(-c2nnc3n2CCCCC3)c1. The van der Waals surface area contributed by atoms with Crippen LogP contribution in [0.2, 0.25) is 0 Å². The van der Waals surface area contributed by atoms with E-state index in [9.17, 15) is 4.79 Å². The van der Waals surface area contributed by atoms with E-state index in [0.29, 0.717) is 6.42 Å². The van der Waals surface area contributed by atoms with Crippen molar-refractivity contribution in [1.82, 2.24) is 14.8 Å². The van der Waals surface area contributed by atoms with E-state index >= 15 is 0 Å². The third-order valence-electron chi connectivity index (χ3n) is 5.42. The first-order valence-electron chi connectivity index (χ1n) is 10.4. The molecule has 28 heavy (non-hydrogen) atoms. The molecule has 0 spiro atoms. The summed E-state index contributed by atoms with van der Waals surface area (Å²) in [5, 5.41) is 12.7. The average molecular weight is 417 g/mol. The van der Waals surface area contributed by atoms with Crippen LogP contribution in [0, 0.1) is 0 Å². The highest BCUT2D eigenvalue weighted by atomic mass is 33.1. The predicted octanol–water partition coefficient (Wildman–Crippen LogP) is 5.32. The maximum absolute atomic E-state index is 12.3. The zero-order valence-electron chi connectivity index (χ0n) is 16.2. The Kier molecular flexibility index (Phi) is 6.96. The van der Waals surface area contributed by atoms with E-state index in [2.05, 4.69) is 26.1 Å². The highest BCUT2D eigenvalue weighted by Gasteiger charge is 2.17. The molecule has 1 unspecified atom stereocenters. The summed E-state index contributed by atoms with van der Waals surface area (Å²) in [7, 11) is 4.00. The molecule has 0 radical (unpaired) electrons. The van der Waals surface area contributed by atoms with Gasteiger partial charge in [-0.05, 0) is 44.2 Å². The summed E-state index contributed by atoms with van der Waals surface area (Å²) in [6, 6.07) is 8.01. The van der Waals surface area contributed by atoms with Gasteiger partial charge in [-0.3, -0.25) is 4.79 Å². The summed E-state index contributed by atoms with van der Waals surface area (Å²) in [6.45, 7) is 0.978. The van der Waals surface area contributed by atoms with Crippen molar-refractivity contribution in [2.45, 2.75) is 69.6 Å². The number of carbonyl (C=O) groups excluding carboxylic acids is 1. The van der Waals surface area contributed by atoms with E-state index in [1.165, 1.54) is 37.9 Å². The van der Waals surface area contributed by atoms with E-state index < -0.39 is 0 Å². The van der Waals surface area contributed by atoms with Crippen molar-refractivity contribution in [3.63, 3.8) is 0 Å². The Bertz CT molecular complexity index is 801. The lowest BCUT2D eigenvalue weighted by atomic mass is 10.1. The first-order valence-corrected chi connectivity index (χ1v) is 12.8. The van der Waals surface area contributed by atoms with Crippen LogP contribution in [-0.4, -0.2) is 31.7 Å². The lowest BCUT2D eigenvalue weighted by molar-refractivity contribution is -0.116. The van der Waals surface area contributed by atoms with Crippen LogP contribution in [0.15, 0.2) is 24.3 Å². The van der Waals surface area contributed by atoms with E-state index in [1.807, 2.05) is 39.8 Å². The number of hydrogen-bond acceptors (Lipinski definition) is 5. The van der Waals surface area contributed by atoms with Crippen molar-refractivity contribution in [3.05, 3.63) is 30.1 Å². The number of anilines is 1. The molecule has 0 bridgehead atoms. The van der Waals surface area contributed by atoms with Gasteiger partial charge < -0.3 is 9.88 Å². The van der Waals surface area contributed by atoms with E-state index in [4.69, 9.17) is 0 Å². The quantitative estimate of drug-likeness (QED) is 0.489. The largest absolute Gasteiger partial charge is 0.326 e. The maximum atomic E-state index is 12.3. The number of fused-ring (bicyclic) bond motifs is 1. The van der Waals surface area contributed by atoms with Gasteiger partial charge in [0.05, 0.1) is 0 Å². The summed E-state index contributed by atoms with van der Waals surface area (Å²) in [4.78, 5) is 12.3. The second-order valence-electron chi connectivity index (χ2n) is 7.61. The molecule has 1 aromatic carbocycles. The van der Waals surface area contributed by atoms with Gasteiger partial charge in [0.15, 0.2) is 5.82 Å². The fourth-order valence-electron chi connectivity index (χ4n) is 3.88. The molecule has 7 heteroatoms. The van der Waals surface area contributed by atoms with E-state index in [-0.39, 0.29) is 5.91 Å². The van der Waals surface area contributed by atoms with Gasteiger partial charge in [0.2, 0.25) is 5.91 Å². The number of rotatable bonds is 7. The molecular formula is C21H28N4OS2. The van der Waals surface area contributed by atoms with Gasteiger partial charge in [0.25, 0.3) is 0 Å². The Hall–Kier alpha value is -1.47. The smallest absolute Gasteiger partial charge is 0.224 e. The van der Waals surface area contributed by atoms with Gasteiger partial charge in [-0.15, -0.1) is 10.2 Å². The Morgan fingerprint density at radius 3 is 3.07 bits per heavy atom. The van der Waals surface area contributed by atoms with Crippen LogP contribution in [0.5, 0.6) is 0 Å². The van der Waals surface area contributed by atoms with Gasteiger partial charge >= 0.3 is 0 Å². The van der Waals surface area contributed by atoms with Crippen molar-refractivity contribution < 1.29 is 4.79 Å². The fourth-order valence-corrected chi connectivity index (χ4v) is 6.91. The van der Waals surface area contributed by atoms with Crippen molar-refractivity contribution >= 4 is 33.2 Å². The standard InChI is InChI=1S/C21H28N4OS2/c26-20(11-4-3-9-18-12-14-27-28-18)22-17-8-6-7-16(15-17)21-24-23-19-10-2-1-5-13-25(19)21/h6-8,15,18H,1-5,9-14H2,(H,22,26). The molecule has 150 valence electrons.